The number of carbonyl (C=O) groups is 1. The summed E-state index contributed by atoms with van der Waals surface area (Å²) in [5.41, 5.74) is 8.31. The van der Waals surface area contributed by atoms with Gasteiger partial charge in [0.15, 0.2) is 11.6 Å². The number of benzene rings is 1. The first-order valence-corrected chi connectivity index (χ1v) is 10.1. The minimum atomic E-state index is -0.110. The number of carbonyl (C=O) groups excluding carboxylic acids is 1. The number of rotatable bonds is 6. The molecule has 4 rings (SSSR count). The van der Waals surface area contributed by atoms with Crippen LogP contribution in [-0.4, -0.2) is 37.8 Å². The number of hydrogen-bond acceptors (Lipinski definition) is 8. The fourth-order valence-electron chi connectivity index (χ4n) is 3.63. The van der Waals surface area contributed by atoms with E-state index in [1.807, 2.05) is 24.3 Å². The lowest BCUT2D eigenvalue weighted by Crippen LogP contribution is -2.43. The predicted octanol–water partition coefficient (Wildman–Crippen LogP) is 3.56. The maximum Gasteiger partial charge on any atom is 0.224 e. The first kappa shape index (κ1) is 19.9. The van der Waals surface area contributed by atoms with E-state index in [9.17, 15) is 4.79 Å². The molecular weight excluding hydrogens is 378 g/mol. The topological polar surface area (TPSA) is 119 Å². The molecule has 0 bridgehead atoms. The van der Waals surface area contributed by atoms with Gasteiger partial charge >= 0.3 is 0 Å². The summed E-state index contributed by atoms with van der Waals surface area (Å²) in [5, 5.41) is 6.60. The average Bonchev–Trinajstić information content (AvgIpc) is 2.76. The molecule has 2 heterocycles. The zero-order valence-corrected chi connectivity index (χ0v) is 16.9. The number of Topliss-reactive ketones (excluding diaryl/α,β-unsaturated/α-hetero) is 1. The monoisotopic (exact) mass is 403 g/mol. The second-order valence-corrected chi connectivity index (χ2v) is 7.49. The van der Waals surface area contributed by atoms with Crippen LogP contribution in [0.1, 0.15) is 43.0 Å². The van der Waals surface area contributed by atoms with E-state index >= 15 is 0 Å². The highest BCUT2D eigenvalue weighted by Crippen LogP contribution is 2.25. The number of nitrogens with zero attached hydrogens (tertiary/aromatic N) is 4. The first-order valence-electron chi connectivity index (χ1n) is 10.1. The zero-order chi connectivity index (χ0) is 20.9. The van der Waals surface area contributed by atoms with Gasteiger partial charge in [-0.15, -0.1) is 0 Å². The molecule has 154 valence electrons. The molecule has 0 radical (unpaired) electrons. The molecule has 1 aliphatic rings. The lowest BCUT2D eigenvalue weighted by Gasteiger charge is -2.29. The Morgan fingerprint density at radius 3 is 2.67 bits per heavy atom. The van der Waals surface area contributed by atoms with Gasteiger partial charge in [0.2, 0.25) is 5.95 Å². The van der Waals surface area contributed by atoms with Gasteiger partial charge < -0.3 is 16.4 Å². The highest BCUT2D eigenvalue weighted by molar-refractivity contribution is 5.99. The number of nitrogens with two attached hydrogens (primary N) is 1. The maximum atomic E-state index is 12.1. The Kier molecular flexibility index (Phi) is 5.94. The standard InChI is InChI=1S/C22H25N7O/c1-14(30)17-13-26-22(28-19-9-3-2-8-18(19)23)29-21(17)27-16-7-4-6-15(12-16)20-24-10-5-11-25-20/h4-7,10-13,18-19H,2-3,8-9,23H2,1H3,(H2,26,27,28,29)/t18-,19+/m0/s1. The number of hydrogen-bond donors (Lipinski definition) is 3. The van der Waals surface area contributed by atoms with Gasteiger partial charge in [-0.25, -0.2) is 15.0 Å². The molecule has 0 saturated heterocycles. The van der Waals surface area contributed by atoms with E-state index in [1.54, 1.807) is 24.7 Å². The first-order chi connectivity index (χ1) is 14.6. The third-order valence-corrected chi connectivity index (χ3v) is 5.25. The predicted molar refractivity (Wildman–Crippen MR) is 117 cm³/mol. The number of ketones is 1. The lowest BCUT2D eigenvalue weighted by molar-refractivity contribution is 0.101. The zero-order valence-electron chi connectivity index (χ0n) is 16.9. The second-order valence-electron chi connectivity index (χ2n) is 7.49. The van der Waals surface area contributed by atoms with Crippen molar-refractivity contribution in [3.05, 3.63) is 54.5 Å². The van der Waals surface area contributed by atoms with Gasteiger partial charge in [-0.3, -0.25) is 4.79 Å². The third-order valence-electron chi connectivity index (χ3n) is 5.25. The van der Waals surface area contributed by atoms with Crippen LogP contribution < -0.4 is 16.4 Å². The van der Waals surface area contributed by atoms with Crippen molar-refractivity contribution in [2.24, 2.45) is 5.73 Å². The van der Waals surface area contributed by atoms with E-state index in [2.05, 4.69) is 30.6 Å². The van der Waals surface area contributed by atoms with Crippen molar-refractivity contribution < 1.29 is 4.79 Å². The molecule has 1 aliphatic carbocycles. The minimum absolute atomic E-state index is 0.0776. The normalized spacial score (nSPS) is 18.6. The van der Waals surface area contributed by atoms with Crippen LogP contribution in [0.15, 0.2) is 48.9 Å². The number of aromatic nitrogens is 4. The molecule has 0 amide bonds. The van der Waals surface area contributed by atoms with Gasteiger partial charge in [0.25, 0.3) is 0 Å². The summed E-state index contributed by atoms with van der Waals surface area (Å²) in [6.07, 6.45) is 9.22. The molecule has 4 N–H and O–H groups in total. The van der Waals surface area contributed by atoms with Gasteiger partial charge in [0.05, 0.1) is 5.56 Å². The average molecular weight is 403 g/mol. The van der Waals surface area contributed by atoms with Crippen LogP contribution in [-0.2, 0) is 0 Å². The number of nitrogens with one attached hydrogen (secondary N) is 2. The Hall–Kier alpha value is -3.39. The van der Waals surface area contributed by atoms with E-state index < -0.39 is 0 Å². The van der Waals surface area contributed by atoms with E-state index in [-0.39, 0.29) is 17.9 Å². The molecule has 8 heteroatoms. The van der Waals surface area contributed by atoms with Crippen LogP contribution in [0.4, 0.5) is 17.5 Å². The van der Waals surface area contributed by atoms with Gasteiger partial charge in [-0.2, -0.15) is 4.98 Å². The van der Waals surface area contributed by atoms with Crippen molar-refractivity contribution >= 4 is 23.2 Å². The summed E-state index contributed by atoms with van der Waals surface area (Å²) in [7, 11) is 0. The Morgan fingerprint density at radius 1 is 1.10 bits per heavy atom. The molecule has 0 aliphatic heterocycles. The highest BCUT2D eigenvalue weighted by Gasteiger charge is 2.23. The SMILES string of the molecule is CC(=O)c1cnc(N[C@@H]2CCCC[C@@H]2N)nc1Nc1cccc(-c2ncccn2)c1. The molecule has 1 saturated carbocycles. The molecular formula is C22H25N7O. The van der Waals surface area contributed by atoms with Gasteiger partial charge in [-0.05, 0) is 38.0 Å². The van der Waals surface area contributed by atoms with Crippen LogP contribution in [0.5, 0.6) is 0 Å². The van der Waals surface area contributed by atoms with E-state index in [1.165, 1.54) is 6.92 Å². The molecule has 2 atom stereocenters. The molecule has 2 aromatic heterocycles. The Bertz CT molecular complexity index is 1030. The summed E-state index contributed by atoms with van der Waals surface area (Å²) in [6.45, 7) is 1.50. The molecule has 0 spiro atoms. The van der Waals surface area contributed by atoms with Crippen molar-refractivity contribution in [1.82, 2.24) is 19.9 Å². The Labute approximate surface area is 175 Å². The van der Waals surface area contributed by atoms with Crippen LogP contribution in [0.3, 0.4) is 0 Å². The molecule has 30 heavy (non-hydrogen) atoms. The summed E-state index contributed by atoms with van der Waals surface area (Å²) < 4.78 is 0. The summed E-state index contributed by atoms with van der Waals surface area (Å²) in [4.78, 5) is 29.6. The largest absolute Gasteiger partial charge is 0.350 e. The van der Waals surface area contributed by atoms with Gasteiger partial charge in [0, 0.05) is 41.9 Å². The summed E-state index contributed by atoms with van der Waals surface area (Å²) in [6, 6.07) is 9.65. The van der Waals surface area contributed by atoms with Crippen molar-refractivity contribution in [3.63, 3.8) is 0 Å². The summed E-state index contributed by atoms with van der Waals surface area (Å²) >= 11 is 0. The molecule has 8 nitrogen and oxygen atoms in total. The molecule has 0 unspecified atom stereocenters. The smallest absolute Gasteiger partial charge is 0.224 e. The van der Waals surface area contributed by atoms with Crippen LogP contribution in [0.25, 0.3) is 11.4 Å². The van der Waals surface area contributed by atoms with Crippen LogP contribution >= 0.6 is 0 Å². The van der Waals surface area contributed by atoms with Crippen molar-refractivity contribution in [1.29, 1.82) is 0 Å². The Balaban J connectivity index is 1.60. The van der Waals surface area contributed by atoms with E-state index in [0.717, 1.165) is 36.9 Å². The summed E-state index contributed by atoms with van der Waals surface area (Å²) in [5.74, 6) is 1.44. The fraction of sp³-hybridized carbons (Fsp3) is 0.318. The van der Waals surface area contributed by atoms with Crippen molar-refractivity contribution in [2.45, 2.75) is 44.7 Å². The lowest BCUT2D eigenvalue weighted by atomic mass is 9.91. The highest BCUT2D eigenvalue weighted by atomic mass is 16.1. The van der Waals surface area contributed by atoms with Crippen molar-refractivity contribution in [3.8, 4) is 11.4 Å². The van der Waals surface area contributed by atoms with Gasteiger partial charge in [-0.1, -0.05) is 25.0 Å². The van der Waals surface area contributed by atoms with Crippen LogP contribution in [0.2, 0.25) is 0 Å². The number of anilines is 3. The maximum absolute atomic E-state index is 12.1. The second kappa shape index (κ2) is 8.96. The molecule has 1 fully saturated rings. The van der Waals surface area contributed by atoms with Gasteiger partial charge in [0.1, 0.15) is 5.82 Å². The third kappa shape index (κ3) is 4.60. The van der Waals surface area contributed by atoms with Crippen molar-refractivity contribution in [2.75, 3.05) is 10.6 Å². The minimum Gasteiger partial charge on any atom is -0.350 e. The van der Waals surface area contributed by atoms with E-state index in [4.69, 9.17) is 5.73 Å². The fourth-order valence-corrected chi connectivity index (χ4v) is 3.63. The molecule has 3 aromatic rings. The molecule has 1 aromatic carbocycles. The quantitative estimate of drug-likeness (QED) is 0.535. The Morgan fingerprint density at radius 2 is 1.90 bits per heavy atom. The van der Waals surface area contributed by atoms with E-state index in [0.29, 0.717) is 23.2 Å². The van der Waals surface area contributed by atoms with Crippen LogP contribution in [0, 0.1) is 0 Å².